The predicted molar refractivity (Wildman–Crippen MR) is 134 cm³/mol. The number of hydrogen-bond acceptors (Lipinski definition) is 5. The van der Waals surface area contributed by atoms with E-state index in [0.717, 1.165) is 76.2 Å². The molecule has 0 radical (unpaired) electrons. The Morgan fingerprint density at radius 2 is 1.90 bits per heavy atom. The second kappa shape index (κ2) is 12.1. The van der Waals surface area contributed by atoms with Gasteiger partial charge in [-0.2, -0.15) is 11.8 Å². The first-order valence-corrected chi connectivity index (χ1v) is 11.2. The highest BCUT2D eigenvalue weighted by Gasteiger charge is 2.33. The molecule has 1 aromatic rings. The smallest absolute Gasteiger partial charge is 0.193 e. The minimum atomic E-state index is 0. The molecule has 8 heteroatoms. The zero-order valence-electron chi connectivity index (χ0n) is 17.9. The number of ether oxygens (including phenoxy) is 2. The van der Waals surface area contributed by atoms with Crippen LogP contribution in [0.2, 0.25) is 0 Å². The lowest BCUT2D eigenvalue weighted by molar-refractivity contribution is 0.0780. The first-order valence-electron chi connectivity index (χ1n) is 10.3. The van der Waals surface area contributed by atoms with Gasteiger partial charge in [-0.1, -0.05) is 19.1 Å². The van der Waals surface area contributed by atoms with Gasteiger partial charge in [-0.25, -0.2) is 0 Å². The van der Waals surface area contributed by atoms with E-state index in [1.807, 2.05) is 19.2 Å². The van der Waals surface area contributed by atoms with Gasteiger partial charge in [0.1, 0.15) is 5.75 Å². The van der Waals surface area contributed by atoms with Crippen molar-refractivity contribution in [1.82, 2.24) is 10.2 Å². The maximum absolute atomic E-state index is 5.60. The summed E-state index contributed by atoms with van der Waals surface area (Å²) in [4.78, 5) is 9.34. The van der Waals surface area contributed by atoms with Crippen molar-refractivity contribution in [2.75, 3.05) is 70.7 Å². The fourth-order valence-electron chi connectivity index (χ4n) is 4.04. The predicted octanol–water partition coefficient (Wildman–Crippen LogP) is 3.31. The first kappa shape index (κ1) is 24.4. The Hall–Kier alpha value is -0.870. The molecule has 0 aliphatic carbocycles. The maximum Gasteiger partial charge on any atom is 0.193 e. The standard InChI is InChI=1S/C21H34N4O2S.HI/c1-4-28-21(9-15-27-16-10-21)17-23-20(22-2)25-13-11-24(12-14-25)18-7-5-6-8-19(18)26-3;/h5-8H,4,9-17H2,1-3H3,(H,22,23);1H. The van der Waals surface area contributed by atoms with Crippen molar-refractivity contribution in [1.29, 1.82) is 0 Å². The third-order valence-corrected chi connectivity index (χ3v) is 7.09. The molecule has 2 fully saturated rings. The molecular formula is C21H35IN4O2S. The van der Waals surface area contributed by atoms with E-state index in [1.54, 1.807) is 7.11 Å². The molecule has 0 atom stereocenters. The summed E-state index contributed by atoms with van der Waals surface area (Å²) in [5, 5.41) is 3.67. The van der Waals surface area contributed by atoms with Crippen LogP contribution in [0.4, 0.5) is 5.69 Å². The van der Waals surface area contributed by atoms with E-state index >= 15 is 0 Å². The van der Waals surface area contributed by atoms with E-state index in [1.165, 1.54) is 5.69 Å². The lowest BCUT2D eigenvalue weighted by Crippen LogP contribution is -2.55. The minimum absolute atomic E-state index is 0. The van der Waals surface area contributed by atoms with Crippen LogP contribution >= 0.6 is 35.7 Å². The van der Waals surface area contributed by atoms with Gasteiger partial charge in [-0.05, 0) is 30.7 Å². The molecule has 0 bridgehead atoms. The zero-order valence-corrected chi connectivity index (χ0v) is 21.0. The van der Waals surface area contributed by atoms with Gasteiger partial charge in [-0.15, -0.1) is 24.0 Å². The fourth-order valence-corrected chi connectivity index (χ4v) is 5.29. The van der Waals surface area contributed by atoms with Crippen LogP contribution in [-0.4, -0.2) is 81.5 Å². The SMILES string of the molecule is CCSC1(CNC(=NC)N2CCN(c3ccccc3OC)CC2)CCOCC1.I. The van der Waals surface area contributed by atoms with Crippen molar-refractivity contribution in [2.24, 2.45) is 4.99 Å². The first-order chi connectivity index (χ1) is 13.7. The van der Waals surface area contributed by atoms with Gasteiger partial charge in [0, 0.05) is 57.7 Å². The average molecular weight is 535 g/mol. The topological polar surface area (TPSA) is 49.3 Å². The molecular weight excluding hydrogens is 499 g/mol. The van der Waals surface area contributed by atoms with Crippen LogP contribution in [0.25, 0.3) is 0 Å². The van der Waals surface area contributed by atoms with E-state index in [2.05, 4.69) is 50.9 Å². The zero-order chi connectivity index (χ0) is 19.8. The molecule has 6 nitrogen and oxygen atoms in total. The largest absolute Gasteiger partial charge is 0.495 e. The summed E-state index contributed by atoms with van der Waals surface area (Å²) in [6, 6.07) is 8.26. The van der Waals surface area contributed by atoms with Crippen molar-refractivity contribution in [2.45, 2.75) is 24.5 Å². The number of nitrogens with one attached hydrogen (secondary N) is 1. The Morgan fingerprint density at radius 3 is 2.52 bits per heavy atom. The minimum Gasteiger partial charge on any atom is -0.495 e. The van der Waals surface area contributed by atoms with Crippen LogP contribution in [0, 0.1) is 0 Å². The molecule has 0 aromatic heterocycles. The molecule has 2 saturated heterocycles. The van der Waals surface area contributed by atoms with Gasteiger partial charge in [-0.3, -0.25) is 4.99 Å². The molecule has 1 aromatic carbocycles. The molecule has 0 spiro atoms. The quantitative estimate of drug-likeness (QED) is 0.344. The highest BCUT2D eigenvalue weighted by atomic mass is 127. The number of halogens is 1. The van der Waals surface area contributed by atoms with Crippen molar-refractivity contribution in [3.05, 3.63) is 24.3 Å². The third-order valence-electron chi connectivity index (χ3n) is 5.64. The number of nitrogens with zero attached hydrogens (tertiary/aromatic N) is 3. The summed E-state index contributed by atoms with van der Waals surface area (Å²) < 4.78 is 11.4. The van der Waals surface area contributed by atoms with E-state index < -0.39 is 0 Å². The average Bonchev–Trinajstić information content (AvgIpc) is 2.75. The molecule has 1 N–H and O–H groups in total. The number of guanidine groups is 1. The fraction of sp³-hybridized carbons (Fsp3) is 0.667. The van der Waals surface area contributed by atoms with Crippen LogP contribution < -0.4 is 15.0 Å². The van der Waals surface area contributed by atoms with Gasteiger partial charge >= 0.3 is 0 Å². The summed E-state index contributed by atoms with van der Waals surface area (Å²) >= 11 is 2.06. The van der Waals surface area contributed by atoms with E-state index in [9.17, 15) is 0 Å². The second-order valence-electron chi connectivity index (χ2n) is 7.28. The summed E-state index contributed by atoms with van der Waals surface area (Å²) in [5.41, 5.74) is 1.17. The molecule has 2 aliphatic rings. The van der Waals surface area contributed by atoms with Crippen LogP contribution in [0.1, 0.15) is 19.8 Å². The number of piperazine rings is 1. The number of aliphatic imine (C=N–C) groups is 1. The Kier molecular flexibility index (Phi) is 10.2. The molecule has 0 saturated carbocycles. The van der Waals surface area contributed by atoms with Crippen LogP contribution in [-0.2, 0) is 4.74 Å². The number of anilines is 1. The van der Waals surface area contributed by atoms with Crippen LogP contribution in [0.15, 0.2) is 29.3 Å². The molecule has 164 valence electrons. The van der Waals surface area contributed by atoms with Crippen molar-refractivity contribution in [3.8, 4) is 5.75 Å². The summed E-state index contributed by atoms with van der Waals surface area (Å²) in [5.74, 6) is 3.09. The van der Waals surface area contributed by atoms with Gasteiger partial charge < -0.3 is 24.6 Å². The Balaban J connectivity index is 0.00000300. The van der Waals surface area contributed by atoms with Crippen molar-refractivity contribution >= 4 is 47.4 Å². The normalized spacial score (nSPS) is 19.5. The lowest BCUT2D eigenvalue weighted by Gasteiger charge is -2.40. The molecule has 0 amide bonds. The van der Waals surface area contributed by atoms with Gasteiger partial charge in [0.05, 0.1) is 12.8 Å². The summed E-state index contributed by atoms with van der Waals surface area (Å²) in [6.45, 7) is 8.76. The maximum atomic E-state index is 5.60. The molecule has 3 rings (SSSR count). The van der Waals surface area contributed by atoms with E-state index in [-0.39, 0.29) is 28.7 Å². The van der Waals surface area contributed by atoms with Crippen molar-refractivity contribution < 1.29 is 9.47 Å². The summed E-state index contributed by atoms with van der Waals surface area (Å²) in [6.07, 6.45) is 2.22. The van der Waals surface area contributed by atoms with Crippen LogP contribution in [0.5, 0.6) is 5.75 Å². The van der Waals surface area contributed by atoms with E-state index in [0.29, 0.717) is 0 Å². The van der Waals surface area contributed by atoms with E-state index in [4.69, 9.17) is 9.47 Å². The number of hydrogen-bond donors (Lipinski definition) is 1. The Bertz CT molecular complexity index is 642. The molecule has 2 aliphatic heterocycles. The molecule has 0 unspecified atom stereocenters. The Morgan fingerprint density at radius 1 is 1.21 bits per heavy atom. The number of thioether (sulfide) groups is 1. The molecule has 2 heterocycles. The molecule has 29 heavy (non-hydrogen) atoms. The van der Waals surface area contributed by atoms with Gasteiger partial charge in [0.15, 0.2) is 5.96 Å². The highest BCUT2D eigenvalue weighted by Crippen LogP contribution is 2.35. The van der Waals surface area contributed by atoms with Crippen LogP contribution in [0.3, 0.4) is 0 Å². The number of para-hydroxylation sites is 2. The number of benzene rings is 1. The summed E-state index contributed by atoms with van der Waals surface area (Å²) in [7, 11) is 3.62. The third kappa shape index (κ3) is 6.30. The number of methoxy groups -OCH3 is 1. The monoisotopic (exact) mass is 534 g/mol. The second-order valence-corrected chi connectivity index (χ2v) is 9.01. The van der Waals surface area contributed by atoms with Gasteiger partial charge in [0.25, 0.3) is 0 Å². The van der Waals surface area contributed by atoms with Crippen molar-refractivity contribution in [3.63, 3.8) is 0 Å². The lowest BCUT2D eigenvalue weighted by atomic mass is 9.99. The Labute approximate surface area is 196 Å². The highest BCUT2D eigenvalue weighted by molar-refractivity contribution is 14.0. The van der Waals surface area contributed by atoms with Gasteiger partial charge in [0.2, 0.25) is 0 Å². The number of rotatable bonds is 6.